The fourth-order valence-electron chi connectivity index (χ4n) is 4.71. The first-order valence-electron chi connectivity index (χ1n) is 13.7. The molecule has 44 heavy (non-hydrogen) atoms. The molecule has 1 aromatic heterocycles. The quantitative estimate of drug-likeness (QED) is 0.108. The van der Waals surface area contributed by atoms with Gasteiger partial charge >= 0.3 is 0 Å². The summed E-state index contributed by atoms with van der Waals surface area (Å²) in [5.41, 5.74) is 14.0. The van der Waals surface area contributed by atoms with Gasteiger partial charge in [0.05, 0.1) is 21.8 Å². The highest BCUT2D eigenvalue weighted by Gasteiger charge is 2.15. The van der Waals surface area contributed by atoms with Crippen molar-refractivity contribution in [1.29, 1.82) is 5.26 Å². The lowest BCUT2D eigenvalue weighted by atomic mass is 9.91. The second-order valence-corrected chi connectivity index (χ2v) is 10.5. The number of aromatic nitrogens is 1. The number of ether oxygens (including phenoxy) is 2. The van der Waals surface area contributed by atoms with Crippen LogP contribution in [0.25, 0.3) is 16.8 Å². The number of halogens is 1. The number of aldehydes is 2. The molecule has 0 unspecified atom stereocenters. The fraction of sp³-hybridized carbons (Fsp3) is 0.176. The predicted octanol–water partition coefficient (Wildman–Crippen LogP) is 5.88. The molecule has 10 heteroatoms. The number of carbonyl (C=O) groups is 2. The summed E-state index contributed by atoms with van der Waals surface area (Å²) >= 11 is 6.47. The number of benzene rings is 3. The van der Waals surface area contributed by atoms with Gasteiger partial charge in [0, 0.05) is 48.8 Å². The number of carbonyl (C=O) groups excluding carboxylic acids is 2. The van der Waals surface area contributed by atoms with Gasteiger partial charge in [0.15, 0.2) is 6.29 Å². The van der Waals surface area contributed by atoms with Crippen molar-refractivity contribution < 1.29 is 19.1 Å². The zero-order valence-electron chi connectivity index (χ0n) is 24.4. The Bertz CT molecular complexity index is 1750. The highest BCUT2D eigenvalue weighted by atomic mass is 35.5. The maximum atomic E-state index is 11.7. The van der Waals surface area contributed by atoms with Crippen LogP contribution in [0.15, 0.2) is 73.2 Å². The summed E-state index contributed by atoms with van der Waals surface area (Å²) in [6, 6.07) is 18.7. The van der Waals surface area contributed by atoms with E-state index < -0.39 is 0 Å². The predicted molar refractivity (Wildman–Crippen MR) is 170 cm³/mol. The van der Waals surface area contributed by atoms with E-state index >= 15 is 0 Å². The molecule has 0 radical (unpaired) electrons. The Balaban J connectivity index is 1.56. The molecule has 0 bridgehead atoms. The van der Waals surface area contributed by atoms with Crippen LogP contribution in [0.3, 0.4) is 0 Å². The third-order valence-electron chi connectivity index (χ3n) is 7.08. The summed E-state index contributed by atoms with van der Waals surface area (Å²) in [5.74, 6) is 6.63. The number of hydrogen-bond acceptors (Lipinski definition) is 9. The third-order valence-corrected chi connectivity index (χ3v) is 7.38. The molecule has 0 aliphatic heterocycles. The first kappa shape index (κ1) is 31.8. The summed E-state index contributed by atoms with van der Waals surface area (Å²) in [5, 5.41) is 10.8. The van der Waals surface area contributed by atoms with E-state index in [1.165, 1.54) is 17.3 Å². The maximum absolute atomic E-state index is 11.7. The minimum atomic E-state index is 0.103. The third kappa shape index (κ3) is 7.61. The lowest BCUT2D eigenvalue weighted by Gasteiger charge is -2.18. The zero-order valence-corrected chi connectivity index (χ0v) is 25.2. The molecule has 0 atom stereocenters. The van der Waals surface area contributed by atoms with Gasteiger partial charge in [0.1, 0.15) is 37.1 Å². The number of hydrazine groups is 1. The summed E-state index contributed by atoms with van der Waals surface area (Å²) in [7, 11) is 0. The smallest absolute Gasteiger partial charge is 0.153 e. The van der Waals surface area contributed by atoms with Crippen molar-refractivity contribution >= 4 is 29.9 Å². The molecule has 4 rings (SSSR count). The van der Waals surface area contributed by atoms with Crippen molar-refractivity contribution in [3.63, 3.8) is 0 Å². The first-order chi connectivity index (χ1) is 21.2. The number of hydrogen-bond donors (Lipinski definition) is 2. The normalized spacial score (nSPS) is 11.0. The highest BCUT2D eigenvalue weighted by molar-refractivity contribution is 6.32. The lowest BCUT2D eigenvalue weighted by Crippen LogP contribution is -2.27. The lowest BCUT2D eigenvalue weighted by molar-refractivity contribution is -0.108. The van der Waals surface area contributed by atoms with Crippen LogP contribution in [0.4, 0.5) is 0 Å². The van der Waals surface area contributed by atoms with Gasteiger partial charge in [0.2, 0.25) is 0 Å². The van der Waals surface area contributed by atoms with Crippen LogP contribution in [0, 0.1) is 25.2 Å². The Morgan fingerprint density at radius 1 is 1.00 bits per heavy atom. The van der Waals surface area contributed by atoms with Crippen LogP contribution in [0.1, 0.15) is 50.2 Å². The minimum absolute atomic E-state index is 0.103. The van der Waals surface area contributed by atoms with E-state index in [1.54, 1.807) is 24.5 Å². The Hall–Kier alpha value is -5.17. The van der Waals surface area contributed by atoms with Crippen LogP contribution >= 0.6 is 11.6 Å². The van der Waals surface area contributed by atoms with E-state index in [1.807, 2.05) is 56.3 Å². The average Bonchev–Trinajstić information content (AvgIpc) is 3.03. The number of rotatable bonds is 13. The van der Waals surface area contributed by atoms with Crippen molar-refractivity contribution in [3.8, 4) is 28.7 Å². The van der Waals surface area contributed by atoms with Crippen LogP contribution in [0.5, 0.6) is 11.5 Å². The fourth-order valence-corrected chi connectivity index (χ4v) is 4.94. The molecule has 1 heterocycles. The van der Waals surface area contributed by atoms with E-state index in [0.29, 0.717) is 47.6 Å². The average molecular weight is 610 g/mol. The Kier molecular flexibility index (Phi) is 10.7. The molecule has 4 aromatic rings. The van der Waals surface area contributed by atoms with Gasteiger partial charge in [0.25, 0.3) is 0 Å². The Morgan fingerprint density at radius 3 is 2.45 bits per heavy atom. The number of nitriles is 1. The monoisotopic (exact) mass is 609 g/mol. The molecule has 0 aliphatic carbocycles. The van der Waals surface area contributed by atoms with Crippen molar-refractivity contribution in [1.82, 2.24) is 9.99 Å². The number of nitrogens with zero attached hydrogens (tertiary/aromatic N) is 3. The topological polar surface area (TPSA) is 145 Å². The van der Waals surface area contributed by atoms with E-state index in [-0.39, 0.29) is 23.8 Å². The van der Waals surface area contributed by atoms with Crippen LogP contribution < -0.4 is 21.1 Å². The number of pyridine rings is 1. The zero-order chi connectivity index (χ0) is 31.6. The molecule has 0 saturated carbocycles. The molecule has 224 valence electrons. The minimum Gasteiger partial charge on any atom is -0.488 e. The van der Waals surface area contributed by atoms with Crippen molar-refractivity contribution in [2.24, 2.45) is 11.6 Å². The van der Waals surface area contributed by atoms with Gasteiger partial charge in [-0.1, -0.05) is 48.0 Å². The molecular formula is C34H32ClN5O4. The molecule has 3 aromatic carbocycles. The highest BCUT2D eigenvalue weighted by Crippen LogP contribution is 2.35. The molecule has 0 aliphatic rings. The van der Waals surface area contributed by atoms with Crippen LogP contribution in [0.2, 0.25) is 5.02 Å². The summed E-state index contributed by atoms with van der Waals surface area (Å²) in [6.45, 7) is 4.71. The second-order valence-electron chi connectivity index (χ2n) is 10.1. The van der Waals surface area contributed by atoms with Crippen molar-refractivity contribution in [2.45, 2.75) is 33.5 Å². The van der Waals surface area contributed by atoms with Gasteiger partial charge < -0.3 is 25.0 Å². The van der Waals surface area contributed by atoms with Crippen molar-refractivity contribution in [2.75, 3.05) is 6.54 Å². The maximum Gasteiger partial charge on any atom is 0.153 e. The molecule has 0 spiro atoms. The summed E-state index contributed by atoms with van der Waals surface area (Å²) in [4.78, 5) is 26.4. The largest absolute Gasteiger partial charge is 0.488 e. The molecular weight excluding hydrogens is 578 g/mol. The van der Waals surface area contributed by atoms with E-state index in [0.717, 1.165) is 39.7 Å². The molecule has 4 N–H and O–H groups in total. The molecule has 0 amide bonds. The van der Waals surface area contributed by atoms with Gasteiger partial charge in [-0.3, -0.25) is 9.78 Å². The Labute approximate surface area is 261 Å². The SMILES string of the molecule is Cc1c(COc2cc(OCc3cncc(C#N)c3)c(C=O)cc2Cl)cccc1-c1cccc(/C(N)=C/N(N)CCC=O)c1C. The van der Waals surface area contributed by atoms with Gasteiger partial charge in [-0.25, -0.2) is 5.84 Å². The van der Waals surface area contributed by atoms with Gasteiger partial charge in [-0.2, -0.15) is 5.26 Å². The van der Waals surface area contributed by atoms with Gasteiger partial charge in [-0.05, 0) is 53.8 Å². The second kappa shape index (κ2) is 14.8. The van der Waals surface area contributed by atoms with E-state index in [2.05, 4.69) is 4.98 Å². The van der Waals surface area contributed by atoms with Gasteiger partial charge in [-0.15, -0.1) is 0 Å². The molecule has 0 fully saturated rings. The summed E-state index contributed by atoms with van der Waals surface area (Å²) in [6.07, 6.45) is 6.47. The van der Waals surface area contributed by atoms with E-state index in [4.69, 9.17) is 37.9 Å². The van der Waals surface area contributed by atoms with Crippen LogP contribution in [-0.4, -0.2) is 29.1 Å². The molecule has 0 saturated heterocycles. The molecule has 9 nitrogen and oxygen atoms in total. The standard InChI is InChI=1S/C34H32ClN5O4/c1-22-26(6-3-7-28(22)29-8-4-9-30(23(29)2)32(37)18-40(38)10-5-11-41)21-44-34-14-33(27(19-42)13-31(34)35)43-20-25-12-24(15-36)16-39-17-25/h3-4,6-9,11-14,16-19H,5,10,20-21,37-38H2,1-2H3/b32-18-. The summed E-state index contributed by atoms with van der Waals surface area (Å²) < 4.78 is 12.0. The van der Waals surface area contributed by atoms with Crippen LogP contribution in [-0.2, 0) is 18.0 Å². The Morgan fingerprint density at radius 2 is 1.73 bits per heavy atom. The van der Waals surface area contributed by atoms with Crippen molar-refractivity contribution in [3.05, 3.63) is 117 Å². The van der Waals surface area contributed by atoms with E-state index in [9.17, 15) is 9.59 Å². The first-order valence-corrected chi connectivity index (χ1v) is 14.1. The number of nitrogens with two attached hydrogens (primary N) is 2.